The van der Waals surface area contributed by atoms with E-state index < -0.39 is 0 Å². The number of nitrogens with one attached hydrogen (secondary N) is 2. The van der Waals surface area contributed by atoms with E-state index in [1.165, 1.54) is 49.9 Å². The van der Waals surface area contributed by atoms with E-state index in [1.807, 2.05) is 18.9 Å². The van der Waals surface area contributed by atoms with Crippen molar-refractivity contribution in [3.05, 3.63) is 35.4 Å². The molecule has 2 heterocycles. The largest absolute Gasteiger partial charge is 0.352 e. The molecule has 0 aliphatic carbocycles. The minimum atomic E-state index is 0. The lowest BCUT2D eigenvalue weighted by molar-refractivity contribution is -0.129. The van der Waals surface area contributed by atoms with E-state index >= 15 is 0 Å². The van der Waals surface area contributed by atoms with Crippen molar-refractivity contribution >= 4 is 35.8 Å². The third-order valence-corrected chi connectivity index (χ3v) is 6.07. The van der Waals surface area contributed by atoms with Crippen LogP contribution in [-0.4, -0.2) is 60.9 Å². The van der Waals surface area contributed by atoms with E-state index in [4.69, 9.17) is 0 Å². The number of aliphatic imine (C=N–C) groups is 1. The minimum Gasteiger partial charge on any atom is -0.352 e. The van der Waals surface area contributed by atoms with Crippen molar-refractivity contribution in [3.63, 3.8) is 0 Å². The van der Waals surface area contributed by atoms with Crippen LogP contribution in [0.15, 0.2) is 29.3 Å². The molecule has 6 nitrogen and oxygen atoms in total. The number of nitrogens with zero attached hydrogens (tertiary/aromatic N) is 3. The van der Waals surface area contributed by atoms with Crippen molar-refractivity contribution in [1.29, 1.82) is 0 Å². The molecule has 7 heteroatoms. The molecule has 3 rings (SSSR count). The van der Waals surface area contributed by atoms with Gasteiger partial charge in [0.1, 0.15) is 0 Å². The van der Waals surface area contributed by atoms with Crippen molar-refractivity contribution in [2.45, 2.75) is 64.6 Å². The van der Waals surface area contributed by atoms with Gasteiger partial charge in [-0.1, -0.05) is 44.0 Å². The molecule has 0 spiro atoms. The van der Waals surface area contributed by atoms with Crippen molar-refractivity contribution in [2.24, 2.45) is 4.99 Å². The Morgan fingerprint density at radius 2 is 1.80 bits per heavy atom. The van der Waals surface area contributed by atoms with Gasteiger partial charge in [-0.3, -0.25) is 14.7 Å². The normalized spacial score (nSPS) is 20.4. The first-order valence-electron chi connectivity index (χ1n) is 11.2. The van der Waals surface area contributed by atoms with Crippen LogP contribution in [0.1, 0.15) is 56.6 Å². The zero-order chi connectivity index (χ0) is 20.5. The third kappa shape index (κ3) is 7.41. The maximum Gasteiger partial charge on any atom is 0.222 e. The Kier molecular flexibility index (Phi) is 10.9. The summed E-state index contributed by atoms with van der Waals surface area (Å²) in [5, 5.41) is 6.97. The maximum atomic E-state index is 11.9. The van der Waals surface area contributed by atoms with Crippen LogP contribution >= 0.6 is 24.0 Å². The molecule has 2 N–H and O–H groups in total. The zero-order valence-corrected chi connectivity index (χ0v) is 20.9. The number of likely N-dealkylation sites (tertiary alicyclic amines) is 2. The highest BCUT2D eigenvalue weighted by Crippen LogP contribution is 2.16. The molecule has 1 aromatic rings. The fraction of sp³-hybridized carbons (Fsp3) is 0.652. The number of hydrogen-bond acceptors (Lipinski definition) is 3. The molecule has 0 radical (unpaired) electrons. The quantitative estimate of drug-likeness (QED) is 0.339. The highest BCUT2D eigenvalue weighted by Gasteiger charge is 2.25. The first-order valence-corrected chi connectivity index (χ1v) is 11.2. The number of halogens is 1. The molecular formula is C23H38IN5O. The lowest BCUT2D eigenvalue weighted by atomic mass is 10.1. The Morgan fingerprint density at radius 1 is 1.10 bits per heavy atom. The summed E-state index contributed by atoms with van der Waals surface area (Å²) in [7, 11) is 1.81. The Balaban J connectivity index is 0.00000320. The predicted octanol–water partition coefficient (Wildman–Crippen LogP) is 3.36. The maximum absolute atomic E-state index is 11.9. The average Bonchev–Trinajstić information content (AvgIpc) is 3.07. The summed E-state index contributed by atoms with van der Waals surface area (Å²) in [4.78, 5) is 20.8. The van der Waals surface area contributed by atoms with Gasteiger partial charge in [-0.15, -0.1) is 24.0 Å². The Hall–Kier alpha value is -1.35. The number of rotatable bonds is 6. The summed E-state index contributed by atoms with van der Waals surface area (Å²) in [6.45, 7) is 7.72. The van der Waals surface area contributed by atoms with Crippen LogP contribution in [-0.2, 0) is 17.9 Å². The van der Waals surface area contributed by atoms with Gasteiger partial charge in [0.25, 0.3) is 0 Å². The third-order valence-electron chi connectivity index (χ3n) is 6.07. The van der Waals surface area contributed by atoms with Gasteiger partial charge in [-0.05, 0) is 43.5 Å². The van der Waals surface area contributed by atoms with Crippen LogP contribution < -0.4 is 10.6 Å². The van der Waals surface area contributed by atoms with Crippen molar-refractivity contribution in [1.82, 2.24) is 20.4 Å². The van der Waals surface area contributed by atoms with Crippen molar-refractivity contribution in [2.75, 3.05) is 33.2 Å². The van der Waals surface area contributed by atoms with E-state index in [2.05, 4.69) is 44.8 Å². The molecule has 0 saturated carbocycles. The standard InChI is InChI=1S/C23H37N5O.HI/c1-3-22(29)28-15-12-21(18-28)26-23(24-2)25-16-19-10-6-7-11-20(19)17-27-13-8-4-5-9-14-27;/h6-7,10-11,21H,3-5,8-9,12-18H2,1-2H3,(H2,24,25,26);1H. The number of guanidine groups is 1. The van der Waals surface area contributed by atoms with Crippen LogP contribution in [0.3, 0.4) is 0 Å². The zero-order valence-electron chi connectivity index (χ0n) is 18.5. The van der Waals surface area contributed by atoms with Crippen molar-refractivity contribution < 1.29 is 4.79 Å². The second kappa shape index (κ2) is 13.1. The van der Waals surface area contributed by atoms with Gasteiger partial charge in [-0.2, -0.15) is 0 Å². The van der Waals surface area contributed by atoms with Crippen LogP contribution in [0, 0.1) is 0 Å². The summed E-state index contributed by atoms with van der Waals surface area (Å²) in [6, 6.07) is 8.99. The molecule has 1 aromatic carbocycles. The van der Waals surface area contributed by atoms with E-state index in [0.29, 0.717) is 6.42 Å². The van der Waals surface area contributed by atoms with Crippen LogP contribution in [0.4, 0.5) is 0 Å². The second-order valence-corrected chi connectivity index (χ2v) is 8.21. The van der Waals surface area contributed by atoms with E-state index in [9.17, 15) is 4.79 Å². The van der Waals surface area contributed by atoms with Gasteiger partial charge in [0.05, 0.1) is 0 Å². The predicted molar refractivity (Wildman–Crippen MR) is 134 cm³/mol. The topological polar surface area (TPSA) is 60.0 Å². The molecule has 0 bridgehead atoms. The molecule has 1 unspecified atom stereocenters. The highest BCUT2D eigenvalue weighted by molar-refractivity contribution is 14.0. The molecular weight excluding hydrogens is 489 g/mol. The molecule has 1 atom stereocenters. The molecule has 2 aliphatic heterocycles. The molecule has 30 heavy (non-hydrogen) atoms. The summed E-state index contributed by atoms with van der Waals surface area (Å²) >= 11 is 0. The molecule has 168 valence electrons. The fourth-order valence-electron chi connectivity index (χ4n) is 4.31. The molecule has 2 saturated heterocycles. The van der Waals surface area contributed by atoms with Crippen LogP contribution in [0.5, 0.6) is 0 Å². The lowest BCUT2D eigenvalue weighted by Crippen LogP contribution is -2.44. The smallest absolute Gasteiger partial charge is 0.222 e. The Morgan fingerprint density at radius 3 is 2.47 bits per heavy atom. The van der Waals surface area contributed by atoms with Gasteiger partial charge < -0.3 is 15.5 Å². The molecule has 2 fully saturated rings. The highest BCUT2D eigenvalue weighted by atomic mass is 127. The summed E-state index contributed by atoms with van der Waals surface area (Å²) in [6.07, 6.45) is 6.91. The van der Waals surface area contributed by atoms with Crippen molar-refractivity contribution in [3.8, 4) is 0 Å². The van der Waals surface area contributed by atoms with E-state index in [0.717, 1.165) is 38.6 Å². The molecule has 1 amide bonds. The number of hydrogen-bond donors (Lipinski definition) is 2. The molecule has 2 aliphatic rings. The number of carbonyl (C=O) groups is 1. The monoisotopic (exact) mass is 527 g/mol. The van der Waals surface area contributed by atoms with Gasteiger partial charge >= 0.3 is 0 Å². The summed E-state index contributed by atoms with van der Waals surface area (Å²) in [5.74, 6) is 1.05. The summed E-state index contributed by atoms with van der Waals surface area (Å²) in [5.41, 5.74) is 2.73. The minimum absolute atomic E-state index is 0. The first kappa shape index (κ1) is 24.9. The lowest BCUT2D eigenvalue weighted by Gasteiger charge is -2.22. The summed E-state index contributed by atoms with van der Waals surface area (Å²) < 4.78 is 0. The Labute approximate surface area is 198 Å². The number of amides is 1. The fourth-order valence-corrected chi connectivity index (χ4v) is 4.31. The van der Waals surface area contributed by atoms with Crippen LogP contribution in [0.2, 0.25) is 0 Å². The van der Waals surface area contributed by atoms with Gasteiger partial charge in [0.2, 0.25) is 5.91 Å². The second-order valence-electron chi connectivity index (χ2n) is 8.21. The van der Waals surface area contributed by atoms with Gasteiger partial charge in [0, 0.05) is 45.7 Å². The number of benzene rings is 1. The number of carbonyl (C=O) groups excluding carboxylic acids is 1. The Bertz CT molecular complexity index is 688. The van der Waals surface area contributed by atoms with Gasteiger partial charge in [-0.25, -0.2) is 0 Å². The average molecular weight is 527 g/mol. The van der Waals surface area contributed by atoms with E-state index in [-0.39, 0.29) is 35.9 Å². The molecule has 0 aromatic heterocycles. The van der Waals surface area contributed by atoms with Crippen LogP contribution in [0.25, 0.3) is 0 Å². The SMILES string of the molecule is CCC(=O)N1CCC(NC(=NC)NCc2ccccc2CN2CCCCCC2)C1.I. The van der Waals surface area contributed by atoms with Gasteiger partial charge in [0.15, 0.2) is 5.96 Å². The first-order chi connectivity index (χ1) is 14.2. The van der Waals surface area contributed by atoms with E-state index in [1.54, 1.807) is 0 Å².